The summed E-state index contributed by atoms with van der Waals surface area (Å²) in [5, 5.41) is 13.7. The van der Waals surface area contributed by atoms with Crippen molar-refractivity contribution in [2.45, 2.75) is 38.5 Å². The summed E-state index contributed by atoms with van der Waals surface area (Å²) in [5.41, 5.74) is 7.21. The molecule has 1 aromatic carbocycles. The Kier molecular flexibility index (Phi) is 7.44. The van der Waals surface area contributed by atoms with Crippen LogP contribution < -0.4 is 10.5 Å². The molecule has 0 amide bonds. The number of hydrogen-bond acceptors (Lipinski definition) is 6. The molecular formula is C25H25ClF3N5O3. The maximum atomic E-state index is 14.3. The first-order valence-electron chi connectivity index (χ1n) is 11.5. The smallest absolute Gasteiger partial charge is 0.429 e. The molecule has 3 N–H and O–H groups in total. The molecule has 1 aliphatic rings. The Hall–Kier alpha value is -3.60. The minimum Gasteiger partial charge on any atom is -0.481 e. The molecule has 4 rings (SSSR count). The minimum atomic E-state index is -4.80. The van der Waals surface area contributed by atoms with Crippen molar-refractivity contribution in [3.8, 4) is 17.1 Å². The number of nitrogens with zero attached hydrogens (tertiary/aromatic N) is 4. The molecule has 2 heterocycles. The first-order chi connectivity index (χ1) is 17.4. The second-order valence-electron chi connectivity index (χ2n) is 8.99. The number of carboxylic acids is 1. The lowest BCUT2D eigenvalue weighted by molar-refractivity contribution is -0.198. The van der Waals surface area contributed by atoms with Gasteiger partial charge in [0.25, 0.3) is 0 Å². The average Bonchev–Trinajstić information content (AvgIpc) is 3.27. The number of hydrogen-bond donors (Lipinski definition) is 2. The summed E-state index contributed by atoms with van der Waals surface area (Å²) in [7, 11) is 1.65. The van der Waals surface area contributed by atoms with Crippen molar-refractivity contribution in [3.05, 3.63) is 58.9 Å². The molecule has 0 spiro atoms. The highest BCUT2D eigenvalue weighted by atomic mass is 35.5. The fraction of sp³-hybridized carbons (Fsp3) is 0.360. The number of allylic oxidation sites excluding steroid dienone is 2. The number of nitrogens with two attached hydrogens (primary N) is 1. The number of benzene rings is 1. The number of alkyl halides is 3. The second kappa shape index (κ2) is 10.4. The number of anilines is 1. The van der Waals surface area contributed by atoms with E-state index in [0.717, 1.165) is 5.57 Å². The van der Waals surface area contributed by atoms with E-state index in [1.807, 2.05) is 6.08 Å². The van der Waals surface area contributed by atoms with E-state index >= 15 is 0 Å². The molecule has 2 unspecified atom stereocenters. The largest absolute Gasteiger partial charge is 0.481 e. The number of rotatable bonds is 7. The van der Waals surface area contributed by atoms with E-state index in [4.69, 9.17) is 22.1 Å². The highest BCUT2D eigenvalue weighted by Gasteiger charge is 2.45. The fourth-order valence-corrected chi connectivity index (χ4v) is 4.55. The van der Waals surface area contributed by atoms with E-state index < -0.39 is 24.2 Å². The molecule has 8 nitrogen and oxygen atoms in total. The summed E-state index contributed by atoms with van der Waals surface area (Å²) in [5.74, 6) is -1.99. The lowest BCUT2D eigenvalue weighted by Crippen LogP contribution is -2.27. The van der Waals surface area contributed by atoms with Gasteiger partial charge in [0.15, 0.2) is 0 Å². The monoisotopic (exact) mass is 535 g/mol. The average molecular weight is 536 g/mol. The zero-order chi connectivity index (χ0) is 26.9. The van der Waals surface area contributed by atoms with Gasteiger partial charge >= 0.3 is 12.1 Å². The Morgan fingerprint density at radius 2 is 2.00 bits per heavy atom. The highest BCUT2D eigenvalue weighted by molar-refractivity contribution is 6.30. The van der Waals surface area contributed by atoms with Gasteiger partial charge in [0.2, 0.25) is 17.9 Å². The maximum absolute atomic E-state index is 14.3. The highest BCUT2D eigenvalue weighted by Crippen LogP contribution is 2.42. The molecule has 2 aromatic heterocycles. The normalized spacial score (nSPS) is 17.7. The molecule has 0 saturated carbocycles. The Morgan fingerprint density at radius 3 is 2.59 bits per heavy atom. The number of ether oxygens (including phenoxy) is 1. The van der Waals surface area contributed by atoms with Crippen LogP contribution in [0, 0.1) is 11.8 Å². The van der Waals surface area contributed by atoms with Crippen molar-refractivity contribution in [2.75, 3.05) is 5.73 Å². The molecule has 1 aliphatic carbocycles. The van der Waals surface area contributed by atoms with Gasteiger partial charge in [0, 0.05) is 35.5 Å². The molecule has 196 valence electrons. The van der Waals surface area contributed by atoms with E-state index in [1.165, 1.54) is 28.9 Å². The van der Waals surface area contributed by atoms with Crippen molar-refractivity contribution >= 4 is 29.1 Å². The van der Waals surface area contributed by atoms with Crippen molar-refractivity contribution in [1.29, 1.82) is 0 Å². The van der Waals surface area contributed by atoms with Crippen LogP contribution in [0.25, 0.3) is 16.8 Å². The quantitative estimate of drug-likeness (QED) is 0.398. The third-order valence-electron chi connectivity index (χ3n) is 6.42. The summed E-state index contributed by atoms with van der Waals surface area (Å²) in [6.45, 7) is 1.66. The van der Waals surface area contributed by atoms with E-state index in [9.17, 15) is 23.1 Å². The van der Waals surface area contributed by atoms with Crippen LogP contribution in [0.2, 0.25) is 5.02 Å². The van der Waals surface area contributed by atoms with E-state index in [0.29, 0.717) is 30.7 Å². The van der Waals surface area contributed by atoms with Crippen molar-refractivity contribution in [3.63, 3.8) is 0 Å². The Labute approximate surface area is 215 Å². The number of nitrogen functional groups attached to an aromatic ring is 1. The van der Waals surface area contributed by atoms with Crippen molar-refractivity contribution in [2.24, 2.45) is 18.9 Å². The van der Waals surface area contributed by atoms with E-state index in [-0.39, 0.29) is 33.9 Å². The van der Waals surface area contributed by atoms with Gasteiger partial charge in [-0.3, -0.25) is 9.48 Å². The van der Waals surface area contributed by atoms with Crippen LogP contribution in [0.1, 0.15) is 43.5 Å². The van der Waals surface area contributed by atoms with Gasteiger partial charge in [-0.25, -0.2) is 4.98 Å². The van der Waals surface area contributed by atoms with Gasteiger partial charge in [0.1, 0.15) is 0 Å². The zero-order valence-corrected chi connectivity index (χ0v) is 20.8. The Balaban J connectivity index is 1.67. The molecule has 3 aromatic rings. The van der Waals surface area contributed by atoms with Gasteiger partial charge < -0.3 is 15.6 Å². The summed E-state index contributed by atoms with van der Waals surface area (Å²) >= 11 is 6.09. The number of carbonyl (C=O) groups is 1. The molecular weight excluding hydrogens is 511 g/mol. The van der Waals surface area contributed by atoms with Gasteiger partial charge in [-0.05, 0) is 49.0 Å². The number of aliphatic carboxylic acids is 1. The van der Waals surface area contributed by atoms with Crippen LogP contribution in [0.3, 0.4) is 0 Å². The van der Waals surface area contributed by atoms with Crippen molar-refractivity contribution < 1.29 is 27.8 Å². The third-order valence-corrected chi connectivity index (χ3v) is 6.66. The summed E-state index contributed by atoms with van der Waals surface area (Å²) in [6, 6.07) is 6.91. The maximum Gasteiger partial charge on any atom is 0.429 e. The van der Waals surface area contributed by atoms with Crippen LogP contribution in [0.4, 0.5) is 19.1 Å². The molecule has 0 saturated heterocycles. The number of carboxylic acid groups (broad SMARTS) is 1. The van der Waals surface area contributed by atoms with Gasteiger partial charge in [-0.2, -0.15) is 23.3 Å². The van der Waals surface area contributed by atoms with E-state index in [2.05, 4.69) is 15.1 Å². The summed E-state index contributed by atoms with van der Waals surface area (Å²) in [4.78, 5) is 19.4. The molecule has 0 radical (unpaired) electrons. The number of aryl methyl sites for hydroxylation is 1. The van der Waals surface area contributed by atoms with Crippen molar-refractivity contribution in [1.82, 2.24) is 19.7 Å². The molecule has 0 fully saturated rings. The van der Waals surface area contributed by atoms with Crippen LogP contribution in [0.15, 0.2) is 42.6 Å². The SMILES string of the molecule is CC(C(=O)O)C1CC=C(c2cc(O[C@H](c3ccc(Cl)cc3-c3ccn(C)n3)C(F)(F)F)nc(N)n2)CC1. The lowest BCUT2D eigenvalue weighted by Gasteiger charge is -2.25. The molecule has 0 aliphatic heterocycles. The molecule has 3 atom stereocenters. The van der Waals surface area contributed by atoms with Crippen LogP contribution in [0.5, 0.6) is 5.88 Å². The Bertz CT molecular complexity index is 1340. The fourth-order valence-electron chi connectivity index (χ4n) is 4.38. The van der Waals surface area contributed by atoms with Crippen LogP contribution in [-0.2, 0) is 11.8 Å². The van der Waals surface area contributed by atoms with Gasteiger partial charge in [0.05, 0.1) is 17.3 Å². The van der Waals surface area contributed by atoms with Crippen LogP contribution in [-0.4, -0.2) is 37.0 Å². The number of aromatic nitrogens is 4. The predicted molar refractivity (Wildman–Crippen MR) is 132 cm³/mol. The van der Waals surface area contributed by atoms with Gasteiger partial charge in [-0.1, -0.05) is 30.7 Å². The predicted octanol–water partition coefficient (Wildman–Crippen LogP) is 5.70. The standard InChI is InChI=1S/C25H25ClF3N5O3/c1-13(23(35)36)14-3-5-15(6-4-14)20-12-21(32-24(30)31-20)37-22(25(27,28)29)17-8-7-16(26)11-18(17)19-9-10-34(2)33-19/h5,7-14,22H,3-4,6H2,1-2H3,(H,35,36)(H2,30,31,32)/t13?,14?,22-/m1/s1. The first kappa shape index (κ1) is 26.5. The van der Waals surface area contributed by atoms with Crippen LogP contribution >= 0.6 is 11.6 Å². The topological polar surface area (TPSA) is 116 Å². The molecule has 12 heteroatoms. The zero-order valence-electron chi connectivity index (χ0n) is 20.0. The summed E-state index contributed by atoms with van der Waals surface area (Å²) in [6.07, 6.45) is -2.12. The second-order valence-corrected chi connectivity index (χ2v) is 9.42. The van der Waals surface area contributed by atoms with Gasteiger partial charge in [-0.15, -0.1) is 0 Å². The first-order valence-corrected chi connectivity index (χ1v) is 11.9. The third kappa shape index (κ3) is 6.04. The minimum absolute atomic E-state index is 0.0410. The molecule has 0 bridgehead atoms. The summed E-state index contributed by atoms with van der Waals surface area (Å²) < 4.78 is 49.9. The van der Waals surface area contributed by atoms with E-state index in [1.54, 1.807) is 26.2 Å². The Morgan fingerprint density at radius 1 is 1.24 bits per heavy atom. The lowest BCUT2D eigenvalue weighted by atomic mass is 9.81. The molecule has 37 heavy (non-hydrogen) atoms. The number of halogens is 4.